The Morgan fingerprint density at radius 2 is 1.87 bits per heavy atom. The fourth-order valence-electron chi connectivity index (χ4n) is 2.07. The van der Waals surface area contributed by atoms with Crippen LogP contribution in [0, 0.1) is 5.92 Å². The minimum absolute atomic E-state index is 0.570. The molecular formula is C18H31N3O2. The monoisotopic (exact) mass is 321 g/mol. The van der Waals surface area contributed by atoms with Gasteiger partial charge in [0.25, 0.3) is 0 Å². The Morgan fingerprint density at radius 1 is 1.13 bits per heavy atom. The molecule has 0 unspecified atom stereocenters. The van der Waals surface area contributed by atoms with Gasteiger partial charge in [-0.15, -0.1) is 0 Å². The van der Waals surface area contributed by atoms with E-state index >= 15 is 0 Å². The summed E-state index contributed by atoms with van der Waals surface area (Å²) in [4.78, 5) is 4.24. The molecular weight excluding hydrogens is 290 g/mol. The van der Waals surface area contributed by atoms with E-state index in [4.69, 9.17) is 9.47 Å². The molecule has 130 valence electrons. The molecule has 0 bridgehead atoms. The van der Waals surface area contributed by atoms with E-state index < -0.39 is 0 Å². The van der Waals surface area contributed by atoms with E-state index in [0.29, 0.717) is 13.2 Å². The summed E-state index contributed by atoms with van der Waals surface area (Å²) in [6.07, 6.45) is 2.39. The molecule has 0 aromatic heterocycles. The van der Waals surface area contributed by atoms with Crippen molar-refractivity contribution >= 4 is 5.96 Å². The van der Waals surface area contributed by atoms with Crippen LogP contribution in [0.25, 0.3) is 0 Å². The van der Waals surface area contributed by atoms with E-state index in [1.165, 1.54) is 12.0 Å². The lowest BCUT2D eigenvalue weighted by atomic mass is 10.1. The first kappa shape index (κ1) is 19.3. The second-order valence-electron chi connectivity index (χ2n) is 5.87. The zero-order valence-electron chi connectivity index (χ0n) is 14.9. The zero-order chi connectivity index (χ0) is 16.9. The summed E-state index contributed by atoms with van der Waals surface area (Å²) in [5, 5.41) is 6.66. The number of hydrogen-bond acceptors (Lipinski definition) is 3. The number of rotatable bonds is 10. The lowest BCUT2D eigenvalue weighted by Gasteiger charge is -2.13. The van der Waals surface area contributed by atoms with Gasteiger partial charge < -0.3 is 20.1 Å². The molecule has 0 aliphatic rings. The second-order valence-corrected chi connectivity index (χ2v) is 5.87. The van der Waals surface area contributed by atoms with Gasteiger partial charge in [0.15, 0.2) is 5.96 Å². The van der Waals surface area contributed by atoms with Crippen molar-refractivity contribution in [3.8, 4) is 5.75 Å². The molecule has 0 aliphatic carbocycles. The van der Waals surface area contributed by atoms with E-state index in [0.717, 1.165) is 37.1 Å². The van der Waals surface area contributed by atoms with Gasteiger partial charge in [0.2, 0.25) is 0 Å². The van der Waals surface area contributed by atoms with Crippen molar-refractivity contribution in [2.24, 2.45) is 10.9 Å². The van der Waals surface area contributed by atoms with Crippen LogP contribution < -0.4 is 15.4 Å². The zero-order valence-corrected chi connectivity index (χ0v) is 14.9. The van der Waals surface area contributed by atoms with Crippen molar-refractivity contribution in [2.75, 3.05) is 33.9 Å². The second kappa shape index (κ2) is 11.8. The van der Waals surface area contributed by atoms with Crippen LogP contribution >= 0.6 is 0 Å². The maximum atomic E-state index is 5.55. The first-order valence-electron chi connectivity index (χ1n) is 8.31. The van der Waals surface area contributed by atoms with Crippen molar-refractivity contribution in [3.05, 3.63) is 29.8 Å². The molecule has 0 amide bonds. The lowest BCUT2D eigenvalue weighted by Crippen LogP contribution is -2.37. The highest BCUT2D eigenvalue weighted by Gasteiger charge is 2.00. The van der Waals surface area contributed by atoms with Gasteiger partial charge in [-0.05, 0) is 36.5 Å². The number of ether oxygens (including phenoxy) is 2. The molecule has 0 fully saturated rings. The minimum atomic E-state index is 0.570. The molecule has 2 N–H and O–H groups in total. The molecule has 0 saturated heterocycles. The molecule has 1 rings (SSSR count). The van der Waals surface area contributed by atoms with Crippen LogP contribution in [0.1, 0.15) is 32.3 Å². The third kappa shape index (κ3) is 9.08. The van der Waals surface area contributed by atoms with Gasteiger partial charge in [-0.2, -0.15) is 0 Å². The molecule has 0 aliphatic heterocycles. The standard InChI is InChI=1S/C18H31N3O2/c1-15(2)6-5-11-20-18(19-3)21-14-16-7-9-17(10-8-16)23-13-12-22-4/h7-10,15H,5-6,11-14H2,1-4H3,(H2,19,20,21). The molecule has 0 heterocycles. The Balaban J connectivity index is 2.29. The first-order valence-corrected chi connectivity index (χ1v) is 8.31. The molecule has 0 atom stereocenters. The predicted octanol–water partition coefficient (Wildman–Crippen LogP) is 2.81. The Hall–Kier alpha value is -1.75. The molecule has 0 spiro atoms. The van der Waals surface area contributed by atoms with Crippen molar-refractivity contribution in [1.29, 1.82) is 0 Å². The van der Waals surface area contributed by atoms with Crippen molar-refractivity contribution in [1.82, 2.24) is 10.6 Å². The van der Waals surface area contributed by atoms with E-state index in [9.17, 15) is 0 Å². The van der Waals surface area contributed by atoms with Gasteiger partial charge in [-0.3, -0.25) is 4.99 Å². The van der Waals surface area contributed by atoms with Gasteiger partial charge in [0.05, 0.1) is 6.61 Å². The number of nitrogens with one attached hydrogen (secondary N) is 2. The topological polar surface area (TPSA) is 54.9 Å². The average Bonchev–Trinajstić information content (AvgIpc) is 2.55. The molecule has 1 aromatic rings. The van der Waals surface area contributed by atoms with Crippen LogP contribution in [0.2, 0.25) is 0 Å². The molecule has 5 nitrogen and oxygen atoms in total. The molecule has 0 saturated carbocycles. The normalized spacial score (nSPS) is 11.6. The Bertz CT molecular complexity index is 444. The predicted molar refractivity (Wildman–Crippen MR) is 96.1 cm³/mol. The summed E-state index contributed by atoms with van der Waals surface area (Å²) in [6.45, 7) is 7.35. The first-order chi connectivity index (χ1) is 11.2. The van der Waals surface area contributed by atoms with E-state index in [-0.39, 0.29) is 0 Å². The van der Waals surface area contributed by atoms with Gasteiger partial charge in [-0.1, -0.05) is 26.0 Å². The highest BCUT2D eigenvalue weighted by Crippen LogP contribution is 2.11. The number of aliphatic imine (C=N–C) groups is 1. The summed E-state index contributed by atoms with van der Waals surface area (Å²) in [7, 11) is 3.46. The molecule has 23 heavy (non-hydrogen) atoms. The summed E-state index contributed by atoms with van der Waals surface area (Å²) in [6, 6.07) is 8.07. The largest absolute Gasteiger partial charge is 0.491 e. The fraction of sp³-hybridized carbons (Fsp3) is 0.611. The van der Waals surface area contributed by atoms with Gasteiger partial charge in [-0.25, -0.2) is 0 Å². The highest BCUT2D eigenvalue weighted by atomic mass is 16.5. The third-order valence-electron chi connectivity index (χ3n) is 3.41. The van der Waals surface area contributed by atoms with Gasteiger partial charge >= 0.3 is 0 Å². The maximum Gasteiger partial charge on any atom is 0.191 e. The summed E-state index contributed by atoms with van der Waals surface area (Å²) in [5.41, 5.74) is 1.19. The summed E-state index contributed by atoms with van der Waals surface area (Å²) in [5.74, 6) is 2.45. The van der Waals surface area contributed by atoms with Crippen LogP contribution in [0.15, 0.2) is 29.3 Å². The van der Waals surface area contributed by atoms with E-state index in [1.807, 2.05) is 12.1 Å². The van der Waals surface area contributed by atoms with Crippen molar-refractivity contribution in [2.45, 2.75) is 33.2 Å². The number of nitrogens with zero attached hydrogens (tertiary/aromatic N) is 1. The van der Waals surface area contributed by atoms with Crippen molar-refractivity contribution < 1.29 is 9.47 Å². The van der Waals surface area contributed by atoms with Crippen LogP contribution in [0.5, 0.6) is 5.75 Å². The summed E-state index contributed by atoms with van der Waals surface area (Å²) < 4.78 is 10.5. The number of guanidine groups is 1. The van der Waals surface area contributed by atoms with Gasteiger partial charge in [0.1, 0.15) is 12.4 Å². The SMILES string of the molecule is CN=C(NCCCC(C)C)NCc1ccc(OCCOC)cc1. The van der Waals surface area contributed by atoms with Crippen molar-refractivity contribution in [3.63, 3.8) is 0 Å². The summed E-state index contributed by atoms with van der Waals surface area (Å²) >= 11 is 0. The fourth-order valence-corrected chi connectivity index (χ4v) is 2.07. The molecule has 0 radical (unpaired) electrons. The van der Waals surface area contributed by atoms with Crippen LogP contribution in [-0.2, 0) is 11.3 Å². The quantitative estimate of drug-likeness (QED) is 0.395. The van der Waals surface area contributed by atoms with E-state index in [1.54, 1.807) is 14.2 Å². The van der Waals surface area contributed by atoms with Gasteiger partial charge in [0, 0.05) is 27.2 Å². The maximum absolute atomic E-state index is 5.55. The average molecular weight is 321 g/mol. The Morgan fingerprint density at radius 3 is 2.48 bits per heavy atom. The van der Waals surface area contributed by atoms with E-state index in [2.05, 4.69) is 41.6 Å². The van der Waals surface area contributed by atoms with Crippen LogP contribution in [0.4, 0.5) is 0 Å². The number of hydrogen-bond donors (Lipinski definition) is 2. The Labute approximate surface area is 140 Å². The third-order valence-corrected chi connectivity index (χ3v) is 3.41. The smallest absolute Gasteiger partial charge is 0.191 e. The van der Waals surface area contributed by atoms with Crippen LogP contribution in [0.3, 0.4) is 0 Å². The molecule has 1 aromatic carbocycles. The number of benzene rings is 1. The van der Waals surface area contributed by atoms with Crippen LogP contribution in [-0.4, -0.2) is 39.9 Å². The number of methoxy groups -OCH3 is 1. The lowest BCUT2D eigenvalue weighted by molar-refractivity contribution is 0.146. The minimum Gasteiger partial charge on any atom is -0.491 e. The molecule has 5 heteroatoms. The Kier molecular flexibility index (Phi) is 9.87. The highest BCUT2D eigenvalue weighted by molar-refractivity contribution is 5.79.